The third-order valence-corrected chi connectivity index (χ3v) is 6.33. The van der Waals surface area contributed by atoms with Crippen LogP contribution in [0.4, 0.5) is 5.82 Å². The predicted molar refractivity (Wildman–Crippen MR) is 85.6 cm³/mol. The fourth-order valence-electron chi connectivity index (χ4n) is 3.54. The zero-order chi connectivity index (χ0) is 15.5. The summed E-state index contributed by atoms with van der Waals surface area (Å²) in [6, 6.07) is 0.424. The molecule has 1 atom stereocenters. The van der Waals surface area contributed by atoms with Crippen molar-refractivity contribution in [3.63, 3.8) is 0 Å². The van der Waals surface area contributed by atoms with Gasteiger partial charge in [-0.05, 0) is 12.8 Å². The first-order valence-electron chi connectivity index (χ1n) is 8.00. The van der Waals surface area contributed by atoms with E-state index >= 15 is 0 Å². The lowest BCUT2D eigenvalue weighted by molar-refractivity contribution is -0.159. The number of nitrogens with one attached hydrogen (secondary N) is 1. The fourth-order valence-corrected chi connectivity index (χ4v) is 4.85. The second kappa shape index (κ2) is 4.74. The molecule has 1 N–H and O–H groups in total. The van der Waals surface area contributed by atoms with E-state index in [4.69, 9.17) is 9.72 Å². The zero-order valence-electron chi connectivity index (χ0n) is 13.4. The summed E-state index contributed by atoms with van der Waals surface area (Å²) >= 11 is 0. The van der Waals surface area contributed by atoms with E-state index in [2.05, 4.69) is 31.1 Å². The summed E-state index contributed by atoms with van der Waals surface area (Å²) in [4.78, 5) is 10.3. The second-order valence-corrected chi connectivity index (χ2v) is 9.47. The Morgan fingerprint density at radius 3 is 2.59 bits per heavy atom. The summed E-state index contributed by atoms with van der Waals surface area (Å²) in [6.07, 6.45) is 3.05. The molecule has 1 aromatic heterocycles. The van der Waals surface area contributed by atoms with E-state index in [9.17, 15) is 4.21 Å². The largest absolute Gasteiger partial charge is 0.380 e. The lowest BCUT2D eigenvalue weighted by Gasteiger charge is -2.53. The molecule has 2 fully saturated rings. The van der Waals surface area contributed by atoms with E-state index in [1.807, 2.05) is 0 Å². The first-order chi connectivity index (χ1) is 10.4. The first kappa shape index (κ1) is 14.6. The maximum atomic E-state index is 12.3. The molecule has 1 saturated carbocycles. The van der Waals surface area contributed by atoms with Crippen molar-refractivity contribution in [3.8, 4) is 0 Å². The van der Waals surface area contributed by atoms with Gasteiger partial charge in [-0.1, -0.05) is 20.8 Å². The van der Waals surface area contributed by atoms with Crippen LogP contribution in [0.3, 0.4) is 0 Å². The van der Waals surface area contributed by atoms with E-state index in [1.54, 1.807) is 0 Å². The van der Waals surface area contributed by atoms with Gasteiger partial charge in [-0.15, -0.1) is 0 Å². The van der Waals surface area contributed by atoms with Crippen LogP contribution in [0.2, 0.25) is 0 Å². The van der Waals surface area contributed by atoms with E-state index in [-0.39, 0.29) is 5.41 Å². The Balaban J connectivity index is 1.62. The molecule has 0 aromatic carbocycles. The molecule has 1 unspecified atom stereocenters. The van der Waals surface area contributed by atoms with Crippen LogP contribution >= 0.6 is 0 Å². The highest BCUT2D eigenvalue weighted by molar-refractivity contribution is 7.85. The van der Waals surface area contributed by atoms with Gasteiger partial charge in [0.2, 0.25) is 0 Å². The molecule has 0 bridgehead atoms. The fraction of sp³-hybridized carbons (Fsp3) is 0.750. The SMILES string of the molecule is CC(C)(C)c1nc2c(c(NC3CC4(COC4)C3)n1)S(=O)CC2. The molecule has 3 heterocycles. The van der Waals surface area contributed by atoms with E-state index in [0.29, 0.717) is 17.2 Å². The van der Waals surface area contributed by atoms with Gasteiger partial charge < -0.3 is 10.1 Å². The normalized spacial score (nSPS) is 26.4. The second-order valence-electron chi connectivity index (χ2n) is 7.96. The summed E-state index contributed by atoms with van der Waals surface area (Å²) in [5.41, 5.74) is 1.29. The number of ether oxygens (including phenoxy) is 1. The number of anilines is 1. The van der Waals surface area contributed by atoms with Crippen molar-refractivity contribution >= 4 is 16.6 Å². The minimum atomic E-state index is -0.958. The molecule has 22 heavy (non-hydrogen) atoms. The number of hydrogen-bond acceptors (Lipinski definition) is 5. The van der Waals surface area contributed by atoms with Crippen LogP contribution in [0.25, 0.3) is 0 Å². The van der Waals surface area contributed by atoms with Gasteiger partial charge in [-0.3, -0.25) is 4.21 Å². The molecule has 4 rings (SSSR count). The molecule has 120 valence electrons. The zero-order valence-corrected chi connectivity index (χ0v) is 14.3. The third kappa shape index (κ3) is 2.27. The Labute approximate surface area is 133 Å². The summed E-state index contributed by atoms with van der Waals surface area (Å²) in [5.74, 6) is 2.33. The average molecular weight is 321 g/mol. The standard InChI is InChI=1S/C16H23N3O2S/c1-15(2,3)14-18-11-4-5-22(20)12(11)13(19-14)17-10-6-16(7-10)8-21-9-16/h10H,4-9H2,1-3H3,(H,17,18,19). The molecule has 1 aliphatic carbocycles. The van der Waals surface area contributed by atoms with Gasteiger partial charge in [0.15, 0.2) is 0 Å². The molecule has 0 amide bonds. The van der Waals surface area contributed by atoms with Crippen molar-refractivity contribution in [1.82, 2.24) is 9.97 Å². The molecule has 1 spiro atoms. The van der Waals surface area contributed by atoms with Crippen molar-refractivity contribution in [2.45, 2.75) is 56.4 Å². The van der Waals surface area contributed by atoms with Gasteiger partial charge in [0, 0.05) is 29.0 Å². The molecule has 6 heteroatoms. The summed E-state index contributed by atoms with van der Waals surface area (Å²) in [7, 11) is -0.958. The van der Waals surface area contributed by atoms with E-state index in [0.717, 1.165) is 54.7 Å². The number of aryl methyl sites for hydroxylation is 1. The third-order valence-electron chi connectivity index (χ3n) is 4.87. The van der Waals surface area contributed by atoms with Crippen molar-refractivity contribution in [2.24, 2.45) is 5.41 Å². The van der Waals surface area contributed by atoms with Gasteiger partial charge in [0.05, 0.1) is 29.7 Å². The van der Waals surface area contributed by atoms with Crippen LogP contribution in [0.1, 0.15) is 45.1 Å². The monoisotopic (exact) mass is 321 g/mol. The number of hydrogen-bond donors (Lipinski definition) is 1. The molecular weight excluding hydrogens is 298 g/mol. The Morgan fingerprint density at radius 1 is 1.27 bits per heavy atom. The van der Waals surface area contributed by atoms with Crippen molar-refractivity contribution < 1.29 is 8.95 Å². The minimum absolute atomic E-state index is 0.0990. The quantitative estimate of drug-likeness (QED) is 0.903. The summed E-state index contributed by atoms with van der Waals surface area (Å²) in [5, 5.41) is 3.55. The summed E-state index contributed by atoms with van der Waals surface area (Å²) in [6.45, 7) is 8.15. The number of nitrogens with zero attached hydrogens (tertiary/aromatic N) is 2. The number of rotatable bonds is 2. The smallest absolute Gasteiger partial charge is 0.146 e. The Bertz CT molecular complexity index is 642. The highest BCUT2D eigenvalue weighted by atomic mass is 32.2. The van der Waals surface area contributed by atoms with Gasteiger partial charge in [-0.2, -0.15) is 0 Å². The van der Waals surface area contributed by atoms with Crippen LogP contribution < -0.4 is 5.32 Å². The molecular formula is C16H23N3O2S. The predicted octanol–water partition coefficient (Wildman–Crippen LogP) is 2.03. The topological polar surface area (TPSA) is 64.1 Å². The lowest BCUT2D eigenvalue weighted by Crippen LogP contribution is -2.56. The van der Waals surface area contributed by atoms with Crippen LogP contribution in [0, 0.1) is 5.41 Å². The average Bonchev–Trinajstić information content (AvgIpc) is 2.71. The first-order valence-corrected chi connectivity index (χ1v) is 9.32. The highest BCUT2D eigenvalue weighted by Crippen LogP contribution is 2.48. The van der Waals surface area contributed by atoms with Gasteiger partial charge in [0.25, 0.3) is 0 Å². The maximum absolute atomic E-state index is 12.3. The van der Waals surface area contributed by atoms with Crippen molar-refractivity contribution in [3.05, 3.63) is 11.5 Å². The number of fused-ring (bicyclic) bond motifs is 1. The Kier molecular flexibility index (Phi) is 3.14. The molecule has 5 nitrogen and oxygen atoms in total. The molecule has 0 radical (unpaired) electrons. The molecule has 1 aromatic rings. The van der Waals surface area contributed by atoms with Gasteiger partial charge in [-0.25, -0.2) is 9.97 Å². The van der Waals surface area contributed by atoms with Crippen LogP contribution in [-0.2, 0) is 27.4 Å². The summed E-state index contributed by atoms with van der Waals surface area (Å²) < 4.78 is 17.6. The minimum Gasteiger partial charge on any atom is -0.380 e. The maximum Gasteiger partial charge on any atom is 0.146 e. The molecule has 3 aliphatic rings. The van der Waals surface area contributed by atoms with E-state index < -0.39 is 10.8 Å². The van der Waals surface area contributed by atoms with Crippen LogP contribution in [0.5, 0.6) is 0 Å². The van der Waals surface area contributed by atoms with Gasteiger partial charge >= 0.3 is 0 Å². The Hall–Kier alpha value is -1.01. The van der Waals surface area contributed by atoms with Gasteiger partial charge in [0.1, 0.15) is 16.5 Å². The van der Waals surface area contributed by atoms with Crippen LogP contribution in [-0.4, -0.2) is 39.2 Å². The van der Waals surface area contributed by atoms with Crippen LogP contribution in [0.15, 0.2) is 4.90 Å². The number of aromatic nitrogens is 2. The lowest BCUT2D eigenvalue weighted by atomic mass is 9.64. The highest BCUT2D eigenvalue weighted by Gasteiger charge is 2.50. The van der Waals surface area contributed by atoms with E-state index in [1.165, 1.54) is 0 Å². The van der Waals surface area contributed by atoms with Crippen molar-refractivity contribution in [1.29, 1.82) is 0 Å². The van der Waals surface area contributed by atoms with Crippen molar-refractivity contribution in [2.75, 3.05) is 24.3 Å². The molecule has 2 aliphatic heterocycles. The Morgan fingerprint density at radius 2 is 2.00 bits per heavy atom. The molecule has 1 saturated heterocycles.